The number of rotatable bonds is 4. The van der Waals surface area contributed by atoms with Gasteiger partial charge in [-0.1, -0.05) is 0 Å². The fourth-order valence-corrected chi connectivity index (χ4v) is 3.23. The van der Waals surface area contributed by atoms with Crippen LogP contribution in [0.25, 0.3) is 0 Å². The number of aryl methyl sites for hydroxylation is 1. The minimum atomic E-state index is -3.71. The van der Waals surface area contributed by atoms with Gasteiger partial charge < -0.3 is 5.11 Å². The van der Waals surface area contributed by atoms with Gasteiger partial charge in [-0.2, -0.15) is 4.31 Å². The summed E-state index contributed by atoms with van der Waals surface area (Å²) in [6.45, 7) is 4.55. The first-order valence-corrected chi connectivity index (χ1v) is 6.93. The largest absolute Gasteiger partial charge is 0.389 e. The third-order valence-corrected chi connectivity index (χ3v) is 4.40. The van der Waals surface area contributed by atoms with E-state index >= 15 is 0 Å². The second-order valence-electron chi connectivity index (χ2n) is 4.98. The molecule has 0 amide bonds. The van der Waals surface area contributed by atoms with Gasteiger partial charge in [-0.15, -0.1) is 0 Å². The van der Waals surface area contributed by atoms with Crippen molar-refractivity contribution < 1.29 is 17.9 Å². The van der Waals surface area contributed by atoms with E-state index in [4.69, 9.17) is 0 Å². The molecule has 6 heteroatoms. The molecule has 4 nitrogen and oxygen atoms in total. The van der Waals surface area contributed by atoms with Crippen molar-refractivity contribution in [3.05, 3.63) is 29.6 Å². The second-order valence-corrected chi connectivity index (χ2v) is 7.00. The van der Waals surface area contributed by atoms with Crippen LogP contribution in [0.1, 0.15) is 19.4 Å². The summed E-state index contributed by atoms with van der Waals surface area (Å²) in [6.07, 6.45) is 0. The second kappa shape index (κ2) is 4.95. The molecule has 0 unspecified atom stereocenters. The molecule has 0 aliphatic rings. The average molecular weight is 275 g/mol. The third-order valence-electron chi connectivity index (χ3n) is 2.43. The molecule has 1 aromatic carbocycles. The minimum Gasteiger partial charge on any atom is -0.389 e. The van der Waals surface area contributed by atoms with Gasteiger partial charge in [-0.25, -0.2) is 12.8 Å². The Balaban J connectivity index is 3.14. The van der Waals surface area contributed by atoms with E-state index in [1.807, 2.05) is 0 Å². The average Bonchev–Trinajstić information content (AvgIpc) is 2.13. The zero-order valence-electron chi connectivity index (χ0n) is 10.9. The SMILES string of the molecule is Cc1cc(F)ccc1S(=O)(=O)N(C)CC(C)(C)O. The van der Waals surface area contributed by atoms with E-state index in [1.54, 1.807) is 0 Å². The van der Waals surface area contributed by atoms with Gasteiger partial charge in [0.15, 0.2) is 0 Å². The highest BCUT2D eigenvalue weighted by molar-refractivity contribution is 7.89. The number of likely N-dealkylation sites (N-methyl/N-ethyl adjacent to an activating group) is 1. The summed E-state index contributed by atoms with van der Waals surface area (Å²) in [5.74, 6) is -0.475. The Bertz CT molecular complexity index is 535. The first-order valence-electron chi connectivity index (χ1n) is 5.49. The van der Waals surface area contributed by atoms with Crippen LogP contribution in [-0.4, -0.2) is 37.0 Å². The van der Waals surface area contributed by atoms with Crippen molar-refractivity contribution in [1.29, 1.82) is 0 Å². The number of benzene rings is 1. The lowest BCUT2D eigenvalue weighted by Crippen LogP contribution is -2.39. The Kier molecular flexibility index (Phi) is 4.15. The molecule has 0 radical (unpaired) electrons. The maximum Gasteiger partial charge on any atom is 0.243 e. The summed E-state index contributed by atoms with van der Waals surface area (Å²) in [5, 5.41) is 9.65. The fourth-order valence-electron chi connectivity index (χ4n) is 1.70. The van der Waals surface area contributed by atoms with Crippen molar-refractivity contribution in [3.8, 4) is 0 Å². The number of nitrogens with zero attached hydrogens (tertiary/aromatic N) is 1. The van der Waals surface area contributed by atoms with Gasteiger partial charge in [-0.05, 0) is 44.5 Å². The molecule has 0 atom stereocenters. The van der Waals surface area contributed by atoms with Crippen LogP contribution in [0.2, 0.25) is 0 Å². The first-order chi connectivity index (χ1) is 8.04. The maximum absolute atomic E-state index is 13.0. The molecule has 1 rings (SSSR count). The smallest absolute Gasteiger partial charge is 0.243 e. The topological polar surface area (TPSA) is 57.6 Å². The highest BCUT2D eigenvalue weighted by Gasteiger charge is 2.27. The van der Waals surface area contributed by atoms with Crippen LogP contribution in [0.4, 0.5) is 4.39 Å². The van der Waals surface area contributed by atoms with Crippen LogP contribution in [0.15, 0.2) is 23.1 Å². The number of aliphatic hydroxyl groups is 1. The van der Waals surface area contributed by atoms with Gasteiger partial charge in [0.1, 0.15) is 5.82 Å². The van der Waals surface area contributed by atoms with Crippen LogP contribution in [0.3, 0.4) is 0 Å². The van der Waals surface area contributed by atoms with E-state index in [0.29, 0.717) is 5.56 Å². The molecule has 1 N–H and O–H groups in total. The Morgan fingerprint density at radius 3 is 2.39 bits per heavy atom. The molecule has 1 aromatic rings. The Morgan fingerprint density at radius 1 is 1.39 bits per heavy atom. The molecule has 0 aromatic heterocycles. The predicted molar refractivity (Wildman–Crippen MR) is 67.3 cm³/mol. The number of halogens is 1. The van der Waals surface area contributed by atoms with E-state index in [9.17, 15) is 17.9 Å². The lowest BCUT2D eigenvalue weighted by Gasteiger charge is -2.25. The zero-order chi connectivity index (χ0) is 14.1. The van der Waals surface area contributed by atoms with Gasteiger partial charge in [-0.3, -0.25) is 0 Å². The fraction of sp³-hybridized carbons (Fsp3) is 0.500. The van der Waals surface area contributed by atoms with Gasteiger partial charge in [0.2, 0.25) is 10.0 Å². The summed E-state index contributed by atoms with van der Waals surface area (Å²) >= 11 is 0. The highest BCUT2D eigenvalue weighted by Crippen LogP contribution is 2.21. The Morgan fingerprint density at radius 2 is 1.94 bits per heavy atom. The van der Waals surface area contributed by atoms with Crippen molar-refractivity contribution in [3.63, 3.8) is 0 Å². The van der Waals surface area contributed by atoms with E-state index < -0.39 is 21.4 Å². The summed E-state index contributed by atoms with van der Waals surface area (Å²) in [4.78, 5) is 0.0515. The van der Waals surface area contributed by atoms with Crippen molar-refractivity contribution in [1.82, 2.24) is 4.31 Å². The van der Waals surface area contributed by atoms with Crippen LogP contribution >= 0.6 is 0 Å². The molecule has 0 aliphatic carbocycles. The van der Waals surface area contributed by atoms with Gasteiger partial charge >= 0.3 is 0 Å². The van der Waals surface area contributed by atoms with E-state index in [-0.39, 0.29) is 11.4 Å². The van der Waals surface area contributed by atoms with Crippen LogP contribution < -0.4 is 0 Å². The molecule has 102 valence electrons. The van der Waals surface area contributed by atoms with Gasteiger partial charge in [0.25, 0.3) is 0 Å². The lowest BCUT2D eigenvalue weighted by molar-refractivity contribution is 0.0640. The standard InChI is InChI=1S/C12H18FNO3S/c1-9-7-10(13)5-6-11(9)18(16,17)14(4)8-12(2,3)15/h5-7,15H,8H2,1-4H3. The lowest BCUT2D eigenvalue weighted by atomic mass is 10.1. The molecular weight excluding hydrogens is 257 g/mol. The van der Waals surface area contributed by atoms with Crippen LogP contribution in [0, 0.1) is 12.7 Å². The molecule has 0 fully saturated rings. The monoisotopic (exact) mass is 275 g/mol. The van der Waals surface area contributed by atoms with Gasteiger partial charge in [0.05, 0.1) is 10.5 Å². The maximum atomic E-state index is 13.0. The molecule has 0 heterocycles. The summed E-state index contributed by atoms with van der Waals surface area (Å²) in [5.41, 5.74) is -0.784. The summed E-state index contributed by atoms with van der Waals surface area (Å²) in [7, 11) is -2.33. The highest BCUT2D eigenvalue weighted by atomic mass is 32.2. The third kappa shape index (κ3) is 3.51. The molecule has 0 saturated carbocycles. The molecule has 0 saturated heterocycles. The molecule has 18 heavy (non-hydrogen) atoms. The van der Waals surface area contributed by atoms with E-state index in [1.165, 1.54) is 40.0 Å². The van der Waals surface area contributed by atoms with Crippen molar-refractivity contribution in [2.45, 2.75) is 31.3 Å². The number of sulfonamides is 1. The van der Waals surface area contributed by atoms with Crippen molar-refractivity contribution in [2.75, 3.05) is 13.6 Å². The summed E-state index contributed by atoms with van der Waals surface area (Å²) in [6, 6.07) is 3.52. The Labute approximate surface area is 107 Å². The normalized spacial score (nSPS) is 13.1. The zero-order valence-corrected chi connectivity index (χ0v) is 11.8. The first kappa shape index (κ1) is 15.1. The van der Waals surface area contributed by atoms with Crippen molar-refractivity contribution in [2.24, 2.45) is 0 Å². The molecule has 0 bridgehead atoms. The number of hydrogen-bond acceptors (Lipinski definition) is 3. The predicted octanol–water partition coefficient (Wildman–Crippen LogP) is 1.53. The van der Waals surface area contributed by atoms with E-state index in [0.717, 1.165) is 10.4 Å². The van der Waals surface area contributed by atoms with Crippen molar-refractivity contribution >= 4 is 10.0 Å². The van der Waals surface area contributed by atoms with Crippen LogP contribution in [0.5, 0.6) is 0 Å². The molecular formula is C12H18FNO3S. The summed E-state index contributed by atoms with van der Waals surface area (Å²) < 4.78 is 38.5. The van der Waals surface area contributed by atoms with Crippen LogP contribution in [-0.2, 0) is 10.0 Å². The number of hydrogen-bond donors (Lipinski definition) is 1. The molecule has 0 spiro atoms. The molecule has 0 aliphatic heterocycles. The minimum absolute atomic E-state index is 0.0356. The van der Waals surface area contributed by atoms with Gasteiger partial charge in [0, 0.05) is 13.6 Å². The van der Waals surface area contributed by atoms with E-state index in [2.05, 4.69) is 0 Å². The Hall–Kier alpha value is -0.980. The quantitative estimate of drug-likeness (QED) is 0.906.